The zero-order valence-electron chi connectivity index (χ0n) is 16.3. The van der Waals surface area contributed by atoms with Gasteiger partial charge in [-0.25, -0.2) is 9.53 Å². The summed E-state index contributed by atoms with van der Waals surface area (Å²) in [6.07, 6.45) is 0. The number of azo groups is 1. The van der Waals surface area contributed by atoms with Gasteiger partial charge in [-0.05, 0) is 30.0 Å². The molecule has 0 unspecified atom stereocenters. The third kappa shape index (κ3) is 3.64. The smallest absolute Gasteiger partial charge is 0.260 e. The number of hydrogen-bond acceptors (Lipinski definition) is 6. The van der Waals surface area contributed by atoms with Gasteiger partial charge in [0.15, 0.2) is 11.5 Å². The van der Waals surface area contributed by atoms with Gasteiger partial charge in [-0.15, -0.1) is 15.3 Å². The first-order valence-corrected chi connectivity index (χ1v) is 8.92. The normalized spacial score (nSPS) is 14.5. The van der Waals surface area contributed by atoms with E-state index in [0.717, 1.165) is 5.57 Å². The molecule has 0 amide bonds. The predicted molar refractivity (Wildman–Crippen MR) is 104 cm³/mol. The van der Waals surface area contributed by atoms with Crippen molar-refractivity contribution in [2.75, 3.05) is 13.2 Å². The van der Waals surface area contributed by atoms with Crippen LogP contribution >= 0.6 is 0 Å². The van der Waals surface area contributed by atoms with Gasteiger partial charge < -0.3 is 9.84 Å². The molecule has 144 valence electrons. The van der Waals surface area contributed by atoms with Crippen LogP contribution < -0.4 is 9.84 Å². The number of hydrogen-bond donors (Lipinski definition) is 0. The number of rotatable bonds is 4. The van der Waals surface area contributed by atoms with Crippen LogP contribution in [0.25, 0.3) is 10.5 Å². The maximum Gasteiger partial charge on any atom is 0.260 e. The highest BCUT2D eigenvalue weighted by Crippen LogP contribution is 2.38. The zero-order valence-corrected chi connectivity index (χ0v) is 16.3. The van der Waals surface area contributed by atoms with E-state index in [2.05, 4.69) is 25.2 Å². The van der Waals surface area contributed by atoms with E-state index in [4.69, 9.17) is 11.3 Å². The van der Waals surface area contributed by atoms with Crippen molar-refractivity contribution >= 4 is 11.5 Å². The Balaban J connectivity index is 2.00. The molecular weight excluding hydrogens is 356 g/mol. The minimum Gasteiger partial charge on any atom is -0.857 e. The Labute approximate surface area is 163 Å². The van der Waals surface area contributed by atoms with Crippen LogP contribution in [0, 0.1) is 12.0 Å². The standard InChI is InChI=1S/C20H22N6O2/c1-6-28-18-16(19(27)26(25-18)13-10-8-7-9-11-13)23-24-17-15(21-5)14(12-22-17)20(2,3)4/h7-11,27H,6,12H2,1-4H3/p-1. The van der Waals surface area contributed by atoms with Crippen LogP contribution in [0.1, 0.15) is 27.7 Å². The van der Waals surface area contributed by atoms with Crippen molar-refractivity contribution in [1.29, 1.82) is 0 Å². The predicted octanol–water partition coefficient (Wildman–Crippen LogP) is 4.06. The fraction of sp³-hybridized carbons (Fsp3) is 0.350. The Kier molecular flexibility index (Phi) is 5.27. The average molecular weight is 377 g/mol. The molecule has 1 aromatic carbocycles. The number of ether oxygens (including phenoxy) is 1. The van der Waals surface area contributed by atoms with Crippen LogP contribution in [0.5, 0.6) is 11.8 Å². The van der Waals surface area contributed by atoms with E-state index in [-0.39, 0.29) is 22.8 Å². The first kappa shape index (κ1) is 19.3. The van der Waals surface area contributed by atoms with Gasteiger partial charge in [0.2, 0.25) is 5.70 Å². The Morgan fingerprint density at radius 2 is 1.96 bits per heavy atom. The van der Waals surface area contributed by atoms with Gasteiger partial charge >= 0.3 is 0 Å². The molecule has 2 heterocycles. The first-order chi connectivity index (χ1) is 13.4. The number of nitrogens with zero attached hydrogens (tertiary/aromatic N) is 6. The van der Waals surface area contributed by atoms with Crippen molar-refractivity contribution in [1.82, 2.24) is 9.78 Å². The molecule has 0 aliphatic carbocycles. The second-order valence-electron chi connectivity index (χ2n) is 7.17. The van der Waals surface area contributed by atoms with Crippen molar-refractivity contribution in [3.63, 3.8) is 0 Å². The van der Waals surface area contributed by atoms with E-state index in [1.54, 1.807) is 19.1 Å². The number of para-hydroxylation sites is 1. The number of amidine groups is 1. The van der Waals surface area contributed by atoms with E-state index in [9.17, 15) is 5.11 Å². The Hall–Kier alpha value is -3.47. The van der Waals surface area contributed by atoms with Gasteiger partial charge in [0.05, 0.1) is 25.4 Å². The minimum atomic E-state index is -0.443. The van der Waals surface area contributed by atoms with Crippen molar-refractivity contribution in [3.05, 3.63) is 53.0 Å². The molecule has 0 saturated heterocycles. The second-order valence-corrected chi connectivity index (χ2v) is 7.17. The van der Waals surface area contributed by atoms with E-state index in [1.165, 1.54) is 4.68 Å². The van der Waals surface area contributed by atoms with Gasteiger partial charge in [0.1, 0.15) is 0 Å². The van der Waals surface area contributed by atoms with Crippen molar-refractivity contribution in [2.45, 2.75) is 27.7 Å². The largest absolute Gasteiger partial charge is 0.857 e. The molecule has 1 aliphatic rings. The molecular formula is C20H21N6O2-. The number of aromatic nitrogens is 2. The molecule has 8 nitrogen and oxygen atoms in total. The SMILES string of the molecule is [C-]#[N+]C1=C(C(C)(C)C)CN=C1N=Nc1c(OCC)nn(-c2ccccc2)c1[O-]. The maximum atomic E-state index is 12.8. The van der Waals surface area contributed by atoms with Crippen LogP contribution in [0.15, 0.2) is 56.8 Å². The third-order valence-electron chi connectivity index (χ3n) is 4.22. The summed E-state index contributed by atoms with van der Waals surface area (Å²) in [6.45, 7) is 16.1. The van der Waals surface area contributed by atoms with E-state index >= 15 is 0 Å². The van der Waals surface area contributed by atoms with E-state index in [0.29, 0.717) is 24.5 Å². The minimum absolute atomic E-state index is 0.0121. The Bertz CT molecular complexity index is 1000. The van der Waals surface area contributed by atoms with Gasteiger partial charge in [-0.2, -0.15) is 0 Å². The van der Waals surface area contributed by atoms with Crippen molar-refractivity contribution in [3.8, 4) is 17.4 Å². The molecule has 0 atom stereocenters. The topological polar surface area (TPSA) is 91.6 Å². The highest BCUT2D eigenvalue weighted by molar-refractivity contribution is 6.03. The summed E-state index contributed by atoms with van der Waals surface area (Å²) >= 11 is 0. The van der Waals surface area contributed by atoms with E-state index < -0.39 is 5.88 Å². The summed E-state index contributed by atoms with van der Waals surface area (Å²) in [6, 6.07) is 9.01. The number of aliphatic imine (C=N–C) groups is 1. The molecule has 0 bridgehead atoms. The van der Waals surface area contributed by atoms with Gasteiger partial charge in [-0.3, -0.25) is 4.99 Å². The molecule has 0 radical (unpaired) electrons. The monoisotopic (exact) mass is 377 g/mol. The summed E-state index contributed by atoms with van der Waals surface area (Å²) in [7, 11) is 0. The molecule has 0 fully saturated rings. The lowest BCUT2D eigenvalue weighted by Gasteiger charge is -2.20. The van der Waals surface area contributed by atoms with Gasteiger partial charge in [0, 0.05) is 5.88 Å². The molecule has 0 saturated carbocycles. The van der Waals surface area contributed by atoms with Gasteiger partial charge in [0.25, 0.3) is 5.88 Å². The van der Waals surface area contributed by atoms with Crippen LogP contribution in [0.4, 0.5) is 5.69 Å². The molecule has 1 aliphatic heterocycles. The van der Waals surface area contributed by atoms with Crippen LogP contribution in [-0.2, 0) is 0 Å². The Morgan fingerprint density at radius 1 is 1.25 bits per heavy atom. The molecule has 28 heavy (non-hydrogen) atoms. The highest BCUT2D eigenvalue weighted by atomic mass is 16.5. The van der Waals surface area contributed by atoms with Crippen molar-refractivity contribution < 1.29 is 9.84 Å². The van der Waals surface area contributed by atoms with Crippen LogP contribution in [0.3, 0.4) is 0 Å². The second kappa shape index (κ2) is 7.64. The zero-order chi connectivity index (χ0) is 20.3. The number of benzene rings is 1. The summed E-state index contributed by atoms with van der Waals surface area (Å²) in [5.41, 5.74) is 1.69. The molecule has 3 rings (SSSR count). The average Bonchev–Trinajstić information content (AvgIpc) is 3.22. The highest BCUT2D eigenvalue weighted by Gasteiger charge is 2.28. The fourth-order valence-electron chi connectivity index (χ4n) is 2.76. The van der Waals surface area contributed by atoms with Crippen LogP contribution in [0.2, 0.25) is 0 Å². The lowest BCUT2D eigenvalue weighted by Crippen LogP contribution is -2.12. The van der Waals surface area contributed by atoms with E-state index in [1.807, 2.05) is 39.0 Å². The first-order valence-electron chi connectivity index (χ1n) is 8.92. The molecule has 8 heteroatoms. The lowest BCUT2D eigenvalue weighted by atomic mass is 9.86. The lowest BCUT2D eigenvalue weighted by molar-refractivity contribution is -0.276. The quantitative estimate of drug-likeness (QED) is 0.594. The Morgan fingerprint density at radius 3 is 2.57 bits per heavy atom. The third-order valence-corrected chi connectivity index (χ3v) is 4.22. The summed E-state index contributed by atoms with van der Waals surface area (Å²) < 4.78 is 6.69. The molecule has 0 spiro atoms. The van der Waals surface area contributed by atoms with Crippen molar-refractivity contribution in [2.24, 2.45) is 20.6 Å². The fourth-order valence-corrected chi connectivity index (χ4v) is 2.76. The summed E-state index contributed by atoms with van der Waals surface area (Å²) in [5, 5.41) is 25.2. The summed E-state index contributed by atoms with van der Waals surface area (Å²) in [4.78, 5) is 7.90. The summed E-state index contributed by atoms with van der Waals surface area (Å²) in [5.74, 6) is -0.112. The molecule has 1 aromatic heterocycles. The maximum absolute atomic E-state index is 12.8. The van der Waals surface area contributed by atoms with Gasteiger partial charge in [-0.1, -0.05) is 39.0 Å². The molecule has 0 N–H and O–H groups in total. The van der Waals surface area contributed by atoms with Crippen LogP contribution in [-0.4, -0.2) is 28.8 Å². The molecule has 2 aromatic rings.